The van der Waals surface area contributed by atoms with Crippen molar-refractivity contribution < 1.29 is 13.0 Å². The molecule has 0 bridgehead atoms. The van der Waals surface area contributed by atoms with Crippen LogP contribution >= 0.6 is 0 Å². The summed E-state index contributed by atoms with van der Waals surface area (Å²) in [5, 5.41) is 0. The normalized spacial score (nSPS) is 18.2. The number of hydrogen-bond acceptors (Lipinski definition) is 3. The van der Waals surface area contributed by atoms with E-state index in [-0.39, 0.29) is 0 Å². The Morgan fingerprint density at radius 2 is 1.55 bits per heavy atom. The lowest BCUT2D eigenvalue weighted by atomic mass is 10.0. The molecule has 22 heavy (non-hydrogen) atoms. The van der Waals surface area contributed by atoms with Crippen LogP contribution in [0.5, 0.6) is 0 Å². The lowest BCUT2D eigenvalue weighted by Gasteiger charge is -2.34. The first-order valence-corrected chi connectivity index (χ1v) is 13.4. The average molecular weight is 345 g/mol. The summed E-state index contributed by atoms with van der Waals surface area (Å²) in [6, 6.07) is 0. The van der Waals surface area contributed by atoms with Crippen molar-refractivity contribution in [3.8, 4) is 0 Å². The van der Waals surface area contributed by atoms with E-state index in [1.54, 1.807) is 0 Å². The van der Waals surface area contributed by atoms with Crippen molar-refractivity contribution >= 4 is 17.1 Å². The molecule has 0 amide bonds. The maximum absolute atomic E-state index is 6.32. The summed E-state index contributed by atoms with van der Waals surface area (Å²) in [6.45, 7) is 19.9. The second-order valence-electron chi connectivity index (χ2n) is 6.12. The second-order valence-corrected chi connectivity index (χ2v) is 12.4. The molecule has 0 saturated heterocycles. The zero-order valence-electron chi connectivity index (χ0n) is 15.3. The molecule has 0 aromatic heterocycles. The Balaban J connectivity index is 4.66. The van der Waals surface area contributed by atoms with Gasteiger partial charge in [0.05, 0.1) is 0 Å². The third-order valence-corrected chi connectivity index (χ3v) is 10.1. The lowest BCUT2D eigenvalue weighted by Crippen LogP contribution is -2.51. The van der Waals surface area contributed by atoms with Crippen LogP contribution in [0.15, 0.2) is 24.6 Å². The molecule has 0 aliphatic carbocycles. The Kier molecular flexibility index (Phi) is 11.2. The van der Waals surface area contributed by atoms with Gasteiger partial charge in [0.2, 0.25) is 0 Å². The van der Waals surface area contributed by atoms with E-state index >= 15 is 0 Å². The van der Waals surface area contributed by atoms with Crippen LogP contribution in [0.25, 0.3) is 0 Å². The van der Waals surface area contributed by atoms with E-state index in [0.717, 1.165) is 19.4 Å². The summed E-state index contributed by atoms with van der Waals surface area (Å²) in [5.41, 5.74) is 3.71. The highest BCUT2D eigenvalue weighted by Gasteiger charge is 2.39. The summed E-state index contributed by atoms with van der Waals surface area (Å²) in [7, 11) is -4.80. The van der Waals surface area contributed by atoms with Gasteiger partial charge >= 0.3 is 17.1 Å². The van der Waals surface area contributed by atoms with Gasteiger partial charge in [0, 0.05) is 13.2 Å². The average Bonchev–Trinajstić information content (AvgIpc) is 2.53. The van der Waals surface area contributed by atoms with Gasteiger partial charge in [0.1, 0.15) is 0 Å². The SMILES string of the molecule is C=C[Si](C)(OCCC)O[Si](C)(C=C)OCC(CC)CCCC. The van der Waals surface area contributed by atoms with Gasteiger partial charge in [-0.1, -0.05) is 51.4 Å². The molecule has 130 valence electrons. The maximum Gasteiger partial charge on any atom is 0.352 e. The molecule has 0 aliphatic rings. The standard InChI is InChI=1S/C17H36O3Si2/c1-8-13-14-17(10-3)16-19-22(7,12-5)20-21(6,11-4)18-15-9-2/h11-12,17H,4-5,8-10,13-16H2,1-3,6-7H3. The Morgan fingerprint density at radius 1 is 0.955 bits per heavy atom. The van der Waals surface area contributed by atoms with Crippen LogP contribution in [-0.4, -0.2) is 30.3 Å². The smallest absolute Gasteiger partial charge is 0.352 e. The molecule has 3 atom stereocenters. The molecule has 0 aromatic rings. The van der Waals surface area contributed by atoms with E-state index in [9.17, 15) is 0 Å². The highest BCUT2D eigenvalue weighted by Crippen LogP contribution is 2.22. The van der Waals surface area contributed by atoms with Gasteiger partial charge in [0.25, 0.3) is 0 Å². The van der Waals surface area contributed by atoms with E-state index < -0.39 is 17.1 Å². The van der Waals surface area contributed by atoms with Gasteiger partial charge in [0.15, 0.2) is 0 Å². The summed E-state index contributed by atoms with van der Waals surface area (Å²) < 4.78 is 18.5. The van der Waals surface area contributed by atoms with Crippen LogP contribution in [0.2, 0.25) is 13.1 Å². The Morgan fingerprint density at radius 3 is 2.00 bits per heavy atom. The first kappa shape index (κ1) is 21.8. The van der Waals surface area contributed by atoms with Crippen molar-refractivity contribution in [1.29, 1.82) is 0 Å². The monoisotopic (exact) mass is 344 g/mol. The molecule has 0 N–H and O–H groups in total. The molecular weight excluding hydrogens is 308 g/mol. The minimum absolute atomic E-state index is 0.600. The van der Waals surface area contributed by atoms with E-state index in [0.29, 0.717) is 12.5 Å². The fourth-order valence-corrected chi connectivity index (χ4v) is 7.92. The molecule has 3 unspecified atom stereocenters. The van der Waals surface area contributed by atoms with Crippen LogP contribution in [-0.2, 0) is 13.0 Å². The molecule has 0 fully saturated rings. The van der Waals surface area contributed by atoms with Crippen LogP contribution < -0.4 is 0 Å². The van der Waals surface area contributed by atoms with Gasteiger partial charge < -0.3 is 13.0 Å². The minimum atomic E-state index is -2.42. The highest BCUT2D eigenvalue weighted by atomic mass is 28.5. The number of rotatable bonds is 14. The molecule has 3 nitrogen and oxygen atoms in total. The summed E-state index contributed by atoms with van der Waals surface area (Å²) in [5.74, 6) is 0.600. The minimum Gasteiger partial charge on any atom is -0.409 e. The molecule has 0 spiro atoms. The van der Waals surface area contributed by atoms with E-state index in [1.807, 2.05) is 17.9 Å². The maximum atomic E-state index is 6.32. The van der Waals surface area contributed by atoms with E-state index in [1.165, 1.54) is 19.3 Å². The van der Waals surface area contributed by atoms with Crippen molar-refractivity contribution in [2.45, 2.75) is 66.0 Å². The predicted octanol–water partition coefficient (Wildman–Crippen LogP) is 5.26. The van der Waals surface area contributed by atoms with Gasteiger partial charge in [-0.15, -0.1) is 13.2 Å². The predicted molar refractivity (Wildman–Crippen MR) is 100 cm³/mol. The molecule has 5 heteroatoms. The van der Waals surface area contributed by atoms with Crippen molar-refractivity contribution in [3.05, 3.63) is 24.6 Å². The summed E-state index contributed by atoms with van der Waals surface area (Å²) in [6.07, 6.45) is 5.83. The van der Waals surface area contributed by atoms with Crippen LogP contribution in [0.4, 0.5) is 0 Å². The quantitative estimate of drug-likeness (QED) is 0.402. The Labute approximate surface area is 140 Å². The second kappa shape index (κ2) is 11.3. The Bertz CT molecular complexity index is 325. The zero-order chi connectivity index (χ0) is 17.1. The zero-order valence-corrected chi connectivity index (χ0v) is 17.3. The molecule has 0 heterocycles. The van der Waals surface area contributed by atoms with Crippen LogP contribution in [0.3, 0.4) is 0 Å². The van der Waals surface area contributed by atoms with Gasteiger partial charge in [-0.05, 0) is 31.9 Å². The highest BCUT2D eigenvalue weighted by molar-refractivity contribution is 6.84. The fourth-order valence-electron chi connectivity index (χ4n) is 2.15. The molecule has 0 radical (unpaired) electrons. The van der Waals surface area contributed by atoms with Crippen molar-refractivity contribution in [2.24, 2.45) is 5.92 Å². The first-order valence-electron chi connectivity index (χ1n) is 8.63. The Hall–Kier alpha value is -0.206. The summed E-state index contributed by atoms with van der Waals surface area (Å²) >= 11 is 0. The number of hydrogen-bond donors (Lipinski definition) is 0. The molecular formula is C17H36O3Si2. The third-order valence-electron chi connectivity index (χ3n) is 3.89. The molecule has 0 aromatic carbocycles. The van der Waals surface area contributed by atoms with Crippen molar-refractivity contribution in [2.75, 3.05) is 13.2 Å². The number of unbranched alkanes of at least 4 members (excludes halogenated alkanes) is 1. The molecule has 0 saturated carbocycles. The van der Waals surface area contributed by atoms with E-state index in [2.05, 4.69) is 40.5 Å². The van der Waals surface area contributed by atoms with Gasteiger partial charge in [-0.2, -0.15) is 0 Å². The molecule has 0 aliphatic heterocycles. The van der Waals surface area contributed by atoms with Crippen molar-refractivity contribution in [1.82, 2.24) is 0 Å². The van der Waals surface area contributed by atoms with E-state index in [4.69, 9.17) is 13.0 Å². The summed E-state index contributed by atoms with van der Waals surface area (Å²) in [4.78, 5) is 0. The topological polar surface area (TPSA) is 27.7 Å². The lowest BCUT2D eigenvalue weighted by molar-refractivity contribution is 0.171. The first-order chi connectivity index (χ1) is 10.4. The largest absolute Gasteiger partial charge is 0.409 e. The third kappa shape index (κ3) is 8.43. The van der Waals surface area contributed by atoms with Gasteiger partial charge in [-0.25, -0.2) is 0 Å². The van der Waals surface area contributed by atoms with Crippen LogP contribution in [0, 0.1) is 5.92 Å². The molecule has 0 rings (SSSR count). The van der Waals surface area contributed by atoms with Crippen molar-refractivity contribution in [3.63, 3.8) is 0 Å². The van der Waals surface area contributed by atoms with Crippen LogP contribution in [0.1, 0.15) is 52.9 Å². The van der Waals surface area contributed by atoms with Gasteiger partial charge in [-0.3, -0.25) is 0 Å². The fraction of sp³-hybridized carbons (Fsp3) is 0.765.